The van der Waals surface area contributed by atoms with E-state index in [1.54, 1.807) is 0 Å². The maximum Gasteiger partial charge on any atom is 0.382 e. The number of aliphatic carboxylic acids is 1. The summed E-state index contributed by atoms with van der Waals surface area (Å²) in [5.74, 6) is -4.60. The van der Waals surface area contributed by atoms with E-state index >= 15 is 0 Å². The molecule has 0 bridgehead atoms. The monoisotopic (exact) mass is 410 g/mol. The van der Waals surface area contributed by atoms with Crippen LogP contribution in [0.1, 0.15) is 37.0 Å². The lowest BCUT2D eigenvalue weighted by Crippen LogP contribution is -2.40. The number of rotatable bonds is 4. The fraction of sp³-hybridized carbons (Fsp3) is 0.304. The Morgan fingerprint density at radius 1 is 1.10 bits per heavy atom. The Morgan fingerprint density at radius 2 is 1.80 bits per heavy atom. The van der Waals surface area contributed by atoms with E-state index in [-0.39, 0.29) is 34.5 Å². The second-order valence-electron chi connectivity index (χ2n) is 8.22. The molecule has 3 N–H and O–H groups in total. The quantitative estimate of drug-likeness (QED) is 0.664. The minimum atomic E-state index is -2.79. The maximum atomic E-state index is 12.5. The predicted molar refractivity (Wildman–Crippen MR) is 107 cm³/mol. The Bertz CT molecular complexity index is 1070. The average molecular weight is 410 g/mol. The fourth-order valence-electron chi connectivity index (χ4n) is 3.89. The van der Waals surface area contributed by atoms with Crippen LogP contribution in [0.25, 0.3) is 5.57 Å². The lowest BCUT2D eigenvalue weighted by Gasteiger charge is -2.32. The number of aromatic hydroxyl groups is 1. The number of phenolic OH excluding ortho intramolecular Hbond substituents is 1. The van der Waals surface area contributed by atoms with E-state index in [9.17, 15) is 24.9 Å². The molecule has 1 atom stereocenters. The van der Waals surface area contributed by atoms with E-state index in [1.807, 2.05) is 32.0 Å². The van der Waals surface area contributed by atoms with Gasteiger partial charge in [0, 0.05) is 6.42 Å². The highest BCUT2D eigenvalue weighted by atomic mass is 16.7. The molecule has 0 radical (unpaired) electrons. The summed E-state index contributed by atoms with van der Waals surface area (Å²) in [6.07, 6.45) is 1.76. The van der Waals surface area contributed by atoms with Crippen LogP contribution < -0.4 is 4.74 Å². The molecule has 1 unspecified atom stereocenters. The summed E-state index contributed by atoms with van der Waals surface area (Å²) in [6, 6.07) is 11.2. The standard InChI is InChI=1S/C23H22O7/c1-22(2)10-9-15-11-13(3-8-18(15)29-22)12-17-19(14-4-6-16(24)7-5-14)23(28,21(26)27)30-20(17)25/h3-8,11,24,28H,9-10,12H2,1-2H3,(H,26,27). The summed E-state index contributed by atoms with van der Waals surface area (Å²) in [5, 5.41) is 29.7. The Morgan fingerprint density at radius 3 is 2.47 bits per heavy atom. The van der Waals surface area contributed by atoms with E-state index in [0.29, 0.717) is 0 Å². The SMILES string of the molecule is CC1(C)CCc2cc(CC3=C(c4ccc(O)cc4)C(O)(C(=O)O)OC3=O)ccc2O1. The number of carbonyl (C=O) groups is 2. The van der Waals surface area contributed by atoms with Gasteiger partial charge in [0.1, 0.15) is 17.1 Å². The highest BCUT2D eigenvalue weighted by Gasteiger charge is 2.53. The van der Waals surface area contributed by atoms with Crippen LogP contribution in [0.2, 0.25) is 0 Å². The highest BCUT2D eigenvalue weighted by Crippen LogP contribution is 2.41. The Balaban J connectivity index is 1.77. The molecule has 2 aromatic rings. The van der Waals surface area contributed by atoms with Crippen LogP contribution in [0.4, 0.5) is 0 Å². The van der Waals surface area contributed by atoms with E-state index in [4.69, 9.17) is 9.47 Å². The minimum Gasteiger partial charge on any atom is -0.508 e. The number of aliphatic hydroxyl groups is 1. The summed E-state index contributed by atoms with van der Waals surface area (Å²) in [7, 11) is 0. The van der Waals surface area contributed by atoms with Crippen LogP contribution in [-0.2, 0) is 27.2 Å². The number of esters is 1. The van der Waals surface area contributed by atoms with Crippen LogP contribution in [0, 0.1) is 0 Å². The molecule has 156 valence electrons. The summed E-state index contributed by atoms with van der Waals surface area (Å²) in [6.45, 7) is 4.06. The highest BCUT2D eigenvalue weighted by molar-refractivity contribution is 6.11. The summed E-state index contributed by atoms with van der Waals surface area (Å²) < 4.78 is 10.9. The van der Waals surface area contributed by atoms with Crippen molar-refractivity contribution in [2.75, 3.05) is 0 Å². The zero-order valence-corrected chi connectivity index (χ0v) is 16.6. The van der Waals surface area contributed by atoms with Crippen molar-refractivity contribution in [3.63, 3.8) is 0 Å². The van der Waals surface area contributed by atoms with Crippen LogP contribution in [0.15, 0.2) is 48.0 Å². The van der Waals surface area contributed by atoms with Crippen molar-refractivity contribution >= 4 is 17.5 Å². The van der Waals surface area contributed by atoms with Gasteiger partial charge in [0.2, 0.25) is 0 Å². The van der Waals surface area contributed by atoms with Crippen molar-refractivity contribution in [3.05, 3.63) is 64.7 Å². The van der Waals surface area contributed by atoms with Crippen LogP contribution in [-0.4, -0.2) is 38.6 Å². The van der Waals surface area contributed by atoms with Crippen LogP contribution >= 0.6 is 0 Å². The van der Waals surface area contributed by atoms with Crippen molar-refractivity contribution in [2.45, 2.75) is 44.5 Å². The molecule has 7 nitrogen and oxygen atoms in total. The summed E-state index contributed by atoms with van der Waals surface area (Å²) >= 11 is 0. The molecular formula is C23H22O7. The molecule has 4 rings (SSSR count). The van der Waals surface area contributed by atoms with E-state index in [2.05, 4.69) is 0 Å². The molecule has 0 saturated heterocycles. The van der Waals surface area contributed by atoms with E-state index in [1.165, 1.54) is 24.3 Å². The molecule has 0 spiro atoms. The topological polar surface area (TPSA) is 113 Å². The number of cyclic esters (lactones) is 1. The summed E-state index contributed by atoms with van der Waals surface area (Å²) in [4.78, 5) is 24.3. The first-order chi connectivity index (χ1) is 14.1. The Hall–Kier alpha value is -3.32. The number of phenols is 1. The number of carbonyl (C=O) groups excluding carboxylic acids is 1. The molecule has 2 heterocycles. The van der Waals surface area contributed by atoms with Gasteiger partial charge >= 0.3 is 17.7 Å². The smallest absolute Gasteiger partial charge is 0.382 e. The van der Waals surface area contributed by atoms with Crippen molar-refractivity contribution in [3.8, 4) is 11.5 Å². The average Bonchev–Trinajstić information content (AvgIpc) is 2.93. The molecular weight excluding hydrogens is 388 g/mol. The van der Waals surface area contributed by atoms with Gasteiger partial charge in [-0.25, -0.2) is 9.59 Å². The molecule has 0 saturated carbocycles. The van der Waals surface area contributed by atoms with Crippen molar-refractivity contribution in [1.82, 2.24) is 0 Å². The lowest BCUT2D eigenvalue weighted by atomic mass is 9.89. The van der Waals surface area contributed by atoms with Gasteiger partial charge in [-0.05, 0) is 61.6 Å². The van der Waals surface area contributed by atoms with Crippen molar-refractivity contribution in [2.24, 2.45) is 0 Å². The molecule has 7 heteroatoms. The van der Waals surface area contributed by atoms with Gasteiger partial charge in [0.15, 0.2) is 0 Å². The molecule has 0 aliphatic carbocycles. The second-order valence-corrected chi connectivity index (χ2v) is 8.22. The number of hydrogen-bond acceptors (Lipinski definition) is 6. The molecule has 30 heavy (non-hydrogen) atoms. The van der Waals surface area contributed by atoms with Gasteiger partial charge < -0.3 is 24.8 Å². The predicted octanol–water partition coefficient (Wildman–Crippen LogP) is 2.82. The largest absolute Gasteiger partial charge is 0.508 e. The third-order valence-electron chi connectivity index (χ3n) is 5.46. The van der Waals surface area contributed by atoms with Crippen molar-refractivity contribution < 1.29 is 34.4 Å². The van der Waals surface area contributed by atoms with E-state index < -0.39 is 17.7 Å². The first-order valence-corrected chi connectivity index (χ1v) is 9.62. The van der Waals surface area contributed by atoms with Crippen LogP contribution in [0.3, 0.4) is 0 Å². The van der Waals surface area contributed by atoms with E-state index in [0.717, 1.165) is 29.7 Å². The number of carboxylic acid groups (broad SMARTS) is 1. The zero-order chi connectivity index (χ0) is 21.7. The number of ether oxygens (including phenoxy) is 2. The fourth-order valence-corrected chi connectivity index (χ4v) is 3.89. The lowest BCUT2D eigenvalue weighted by molar-refractivity contribution is -0.198. The first kappa shape index (κ1) is 20.0. The molecule has 2 aliphatic heterocycles. The number of fused-ring (bicyclic) bond motifs is 1. The second kappa shape index (κ2) is 6.88. The number of aryl methyl sites for hydroxylation is 1. The Labute approximate surface area is 173 Å². The van der Waals surface area contributed by atoms with Crippen LogP contribution in [0.5, 0.6) is 11.5 Å². The number of carboxylic acids is 1. The maximum absolute atomic E-state index is 12.5. The van der Waals surface area contributed by atoms with Gasteiger partial charge in [-0.15, -0.1) is 0 Å². The molecule has 0 amide bonds. The normalized spacial score (nSPS) is 22.3. The molecule has 0 fully saturated rings. The van der Waals surface area contributed by atoms with Crippen molar-refractivity contribution in [1.29, 1.82) is 0 Å². The molecule has 2 aromatic carbocycles. The first-order valence-electron chi connectivity index (χ1n) is 9.62. The third kappa shape index (κ3) is 3.41. The Kier molecular flexibility index (Phi) is 4.58. The minimum absolute atomic E-state index is 0.0254. The third-order valence-corrected chi connectivity index (χ3v) is 5.46. The van der Waals surface area contributed by atoms with Gasteiger partial charge in [0.05, 0.1) is 11.1 Å². The number of hydrogen-bond donors (Lipinski definition) is 3. The molecule has 2 aliphatic rings. The van der Waals surface area contributed by atoms with Gasteiger partial charge in [-0.1, -0.05) is 24.3 Å². The van der Waals surface area contributed by atoms with Gasteiger partial charge in [-0.3, -0.25) is 0 Å². The number of benzene rings is 2. The van der Waals surface area contributed by atoms with Gasteiger partial charge in [0.25, 0.3) is 0 Å². The van der Waals surface area contributed by atoms with Gasteiger partial charge in [-0.2, -0.15) is 0 Å². The summed E-state index contributed by atoms with van der Waals surface area (Å²) in [5.41, 5.74) is 1.75. The zero-order valence-electron chi connectivity index (χ0n) is 16.6. The molecule has 0 aromatic heterocycles.